The average Bonchev–Trinajstić information content (AvgIpc) is 2.84. The Morgan fingerprint density at radius 2 is 1.90 bits per heavy atom. The number of anilines is 1. The third-order valence-corrected chi connectivity index (χ3v) is 2.63. The fourth-order valence-corrected chi connectivity index (χ4v) is 1.69. The van der Waals surface area contributed by atoms with Crippen LogP contribution in [0.4, 0.5) is 5.69 Å². The van der Waals surface area contributed by atoms with Crippen molar-refractivity contribution < 1.29 is 19.1 Å². The number of aromatic nitrogens is 3. The number of nitrogens with zero attached hydrogens (tertiary/aromatic N) is 3. The van der Waals surface area contributed by atoms with Crippen molar-refractivity contribution in [2.45, 2.75) is 0 Å². The van der Waals surface area contributed by atoms with Crippen LogP contribution in [0, 0.1) is 0 Å². The average molecular weight is 290 g/mol. The van der Waals surface area contributed by atoms with Crippen LogP contribution in [-0.2, 0) is 26.1 Å². The largest absolute Gasteiger partial charge is 0.466 e. The number of carbonyl (C=O) groups is 2. The zero-order valence-corrected chi connectivity index (χ0v) is 11.8. The van der Waals surface area contributed by atoms with Crippen molar-refractivity contribution >= 4 is 28.7 Å². The zero-order chi connectivity index (χ0) is 15.4. The Labute approximate surface area is 120 Å². The molecule has 0 unspecified atom stereocenters. The zero-order valence-electron chi connectivity index (χ0n) is 11.8. The Morgan fingerprint density at radius 3 is 2.57 bits per heavy atom. The predicted octanol–water partition coefficient (Wildman–Crippen LogP) is 0.610. The first-order valence-corrected chi connectivity index (χ1v) is 5.99. The molecule has 8 nitrogen and oxygen atoms in total. The molecule has 0 radical (unpaired) electrons. The number of hydrogen-bond acceptors (Lipinski definition) is 7. The summed E-state index contributed by atoms with van der Waals surface area (Å²) in [5.74, 6) is -1.34. The number of hydrogen-bond donors (Lipinski definition) is 1. The van der Waals surface area contributed by atoms with Gasteiger partial charge in [0.2, 0.25) is 0 Å². The Morgan fingerprint density at radius 1 is 1.19 bits per heavy atom. The van der Waals surface area contributed by atoms with Gasteiger partial charge in [0.15, 0.2) is 0 Å². The maximum absolute atomic E-state index is 11.6. The first kappa shape index (κ1) is 14.5. The maximum Gasteiger partial charge on any atom is 0.354 e. The Hall–Kier alpha value is -2.90. The number of esters is 2. The van der Waals surface area contributed by atoms with E-state index in [0.29, 0.717) is 11.2 Å². The van der Waals surface area contributed by atoms with E-state index in [2.05, 4.69) is 25.0 Å². The van der Waals surface area contributed by atoms with Gasteiger partial charge in [-0.25, -0.2) is 9.59 Å². The molecular weight excluding hydrogens is 276 g/mol. The van der Waals surface area contributed by atoms with Crippen molar-refractivity contribution in [2.24, 2.45) is 7.05 Å². The smallest absolute Gasteiger partial charge is 0.354 e. The Bertz CT molecular complexity index is 720. The minimum atomic E-state index is -0.681. The van der Waals surface area contributed by atoms with Crippen molar-refractivity contribution in [3.05, 3.63) is 30.0 Å². The molecule has 0 fully saturated rings. The van der Waals surface area contributed by atoms with Gasteiger partial charge in [-0.1, -0.05) is 0 Å². The summed E-state index contributed by atoms with van der Waals surface area (Å²) < 4.78 is 9.11. The maximum atomic E-state index is 11.6. The van der Waals surface area contributed by atoms with Gasteiger partial charge in [-0.15, -0.1) is 0 Å². The van der Waals surface area contributed by atoms with Gasteiger partial charge in [0, 0.05) is 12.7 Å². The third-order valence-electron chi connectivity index (χ3n) is 2.63. The monoisotopic (exact) mass is 290 g/mol. The summed E-state index contributed by atoms with van der Waals surface area (Å²) in [6, 6.07) is 5.17. The number of benzene rings is 1. The highest BCUT2D eigenvalue weighted by Crippen LogP contribution is 2.17. The lowest BCUT2D eigenvalue weighted by Crippen LogP contribution is -2.15. The first-order valence-electron chi connectivity index (χ1n) is 5.99. The lowest BCUT2D eigenvalue weighted by Gasteiger charge is -2.08. The number of aryl methyl sites for hydroxylation is 1. The summed E-state index contributed by atoms with van der Waals surface area (Å²) in [5, 5.41) is 11.1. The molecule has 0 aliphatic heterocycles. The molecule has 0 spiro atoms. The minimum Gasteiger partial charge on any atom is -0.466 e. The number of nitrogens with one attached hydrogen (secondary N) is 1. The quantitative estimate of drug-likeness (QED) is 0.651. The Balaban J connectivity index is 2.31. The highest BCUT2D eigenvalue weighted by molar-refractivity contribution is 5.99. The number of methoxy groups -OCH3 is 2. The summed E-state index contributed by atoms with van der Waals surface area (Å²) in [5.41, 5.74) is 1.92. The SMILES string of the molecule is COC(=O)/C=C(\Nc1ccc2nn(C)nc2c1)C(=O)OC. The van der Waals surface area contributed by atoms with E-state index in [0.717, 1.165) is 11.6 Å². The van der Waals surface area contributed by atoms with Gasteiger partial charge in [-0.05, 0) is 18.2 Å². The van der Waals surface area contributed by atoms with E-state index in [-0.39, 0.29) is 5.70 Å². The molecule has 1 aromatic carbocycles. The van der Waals surface area contributed by atoms with Gasteiger partial charge >= 0.3 is 11.9 Å². The molecule has 1 aromatic heterocycles. The molecule has 1 N–H and O–H groups in total. The minimum absolute atomic E-state index is 0.0346. The first-order chi connectivity index (χ1) is 10.0. The standard InChI is InChI=1S/C13H14N4O4/c1-17-15-9-5-4-8(6-10(9)16-17)14-11(13(19)21-3)7-12(18)20-2/h4-7,14H,1-3H3/b11-7-. The van der Waals surface area contributed by atoms with Crippen molar-refractivity contribution in [2.75, 3.05) is 19.5 Å². The number of ether oxygens (including phenoxy) is 2. The molecule has 0 aliphatic rings. The highest BCUT2D eigenvalue weighted by Gasteiger charge is 2.13. The molecule has 0 aliphatic carbocycles. The molecule has 2 rings (SSSR count). The number of rotatable bonds is 4. The molecule has 0 atom stereocenters. The van der Waals surface area contributed by atoms with Crippen LogP contribution in [-0.4, -0.2) is 41.2 Å². The summed E-state index contributed by atoms with van der Waals surface area (Å²) in [4.78, 5) is 24.4. The molecular formula is C13H14N4O4. The Kier molecular flexibility index (Phi) is 4.17. The molecule has 2 aromatic rings. The van der Waals surface area contributed by atoms with Crippen molar-refractivity contribution in [1.29, 1.82) is 0 Å². The van der Waals surface area contributed by atoms with Gasteiger partial charge in [-0.2, -0.15) is 15.0 Å². The molecule has 8 heteroatoms. The molecule has 110 valence electrons. The van der Waals surface area contributed by atoms with Gasteiger partial charge in [-0.3, -0.25) is 0 Å². The van der Waals surface area contributed by atoms with E-state index in [9.17, 15) is 9.59 Å². The van der Waals surface area contributed by atoms with E-state index in [1.807, 2.05) is 0 Å². The van der Waals surface area contributed by atoms with Gasteiger partial charge in [0.1, 0.15) is 16.7 Å². The van der Waals surface area contributed by atoms with Crippen molar-refractivity contribution in [3.63, 3.8) is 0 Å². The molecule has 0 saturated heterocycles. The molecule has 21 heavy (non-hydrogen) atoms. The van der Waals surface area contributed by atoms with Gasteiger partial charge < -0.3 is 14.8 Å². The normalized spacial score (nSPS) is 11.3. The van der Waals surface area contributed by atoms with E-state index >= 15 is 0 Å². The van der Waals surface area contributed by atoms with E-state index < -0.39 is 11.9 Å². The summed E-state index contributed by atoms with van der Waals surface area (Å²) >= 11 is 0. The van der Waals surface area contributed by atoms with Gasteiger partial charge in [0.05, 0.1) is 20.3 Å². The second-order valence-electron chi connectivity index (χ2n) is 4.09. The second-order valence-corrected chi connectivity index (χ2v) is 4.09. The molecule has 1 heterocycles. The summed E-state index contributed by atoms with van der Waals surface area (Å²) in [6.45, 7) is 0. The van der Waals surface area contributed by atoms with Crippen LogP contribution in [0.3, 0.4) is 0 Å². The van der Waals surface area contributed by atoms with Crippen LogP contribution in [0.15, 0.2) is 30.0 Å². The van der Waals surface area contributed by atoms with Crippen molar-refractivity contribution in [1.82, 2.24) is 15.0 Å². The lowest BCUT2D eigenvalue weighted by atomic mass is 10.2. The van der Waals surface area contributed by atoms with Gasteiger partial charge in [0.25, 0.3) is 0 Å². The van der Waals surface area contributed by atoms with Crippen LogP contribution in [0.2, 0.25) is 0 Å². The van der Waals surface area contributed by atoms with Crippen molar-refractivity contribution in [3.8, 4) is 0 Å². The fraction of sp³-hybridized carbons (Fsp3) is 0.231. The van der Waals surface area contributed by atoms with E-state index in [1.54, 1.807) is 25.2 Å². The van der Waals surface area contributed by atoms with E-state index in [4.69, 9.17) is 0 Å². The van der Waals surface area contributed by atoms with Crippen LogP contribution < -0.4 is 5.32 Å². The second kappa shape index (κ2) is 6.04. The molecule has 0 bridgehead atoms. The van der Waals surface area contributed by atoms with Crippen LogP contribution in [0.5, 0.6) is 0 Å². The molecule has 0 amide bonds. The number of carbonyl (C=O) groups excluding carboxylic acids is 2. The molecule has 0 saturated carbocycles. The van der Waals surface area contributed by atoms with E-state index in [1.165, 1.54) is 19.0 Å². The number of fused-ring (bicyclic) bond motifs is 1. The highest BCUT2D eigenvalue weighted by atomic mass is 16.5. The van der Waals surface area contributed by atoms with Crippen LogP contribution >= 0.6 is 0 Å². The summed E-state index contributed by atoms with van der Waals surface area (Å²) in [7, 11) is 4.16. The fourth-order valence-electron chi connectivity index (χ4n) is 1.69. The lowest BCUT2D eigenvalue weighted by molar-refractivity contribution is -0.138. The van der Waals surface area contributed by atoms with Crippen LogP contribution in [0.25, 0.3) is 11.0 Å². The van der Waals surface area contributed by atoms with Crippen LogP contribution in [0.1, 0.15) is 0 Å². The predicted molar refractivity (Wildman–Crippen MR) is 74.2 cm³/mol. The topological polar surface area (TPSA) is 95.3 Å². The third kappa shape index (κ3) is 3.35. The summed E-state index contributed by atoms with van der Waals surface area (Å²) in [6.07, 6.45) is 1.02.